The summed E-state index contributed by atoms with van der Waals surface area (Å²) < 4.78 is 5.71. The van der Waals surface area contributed by atoms with Gasteiger partial charge in [0.15, 0.2) is 6.40 Å². The van der Waals surface area contributed by atoms with E-state index in [1.807, 2.05) is 6.07 Å². The zero-order valence-corrected chi connectivity index (χ0v) is 14.5. The van der Waals surface area contributed by atoms with E-state index in [9.17, 15) is 0 Å². The van der Waals surface area contributed by atoms with Crippen molar-refractivity contribution in [1.82, 2.24) is 0 Å². The van der Waals surface area contributed by atoms with E-state index >= 15 is 0 Å². The van der Waals surface area contributed by atoms with Crippen LogP contribution in [0.15, 0.2) is 35.3 Å². The SMILES string of the molecule is CCC1(CC)OC=N[C@@H]1c1ccccc1.[Br][Ni][Br]. The van der Waals surface area contributed by atoms with Gasteiger partial charge in [-0.05, 0) is 18.4 Å². The Morgan fingerprint density at radius 1 is 1.22 bits per heavy atom. The van der Waals surface area contributed by atoms with Crippen LogP contribution in [-0.2, 0) is 15.6 Å². The number of hydrogen-bond donors (Lipinski definition) is 0. The molecule has 0 saturated carbocycles. The summed E-state index contributed by atoms with van der Waals surface area (Å²) in [5.41, 5.74) is 1.12. The molecule has 0 amide bonds. The van der Waals surface area contributed by atoms with E-state index in [1.54, 1.807) is 6.40 Å². The molecular formula is C13H17Br2NNiO. The van der Waals surface area contributed by atoms with Crippen LogP contribution in [0.4, 0.5) is 0 Å². The Bertz CT molecular complexity index is 369. The molecule has 0 N–H and O–H groups in total. The molecule has 0 fully saturated rings. The van der Waals surface area contributed by atoms with Crippen LogP contribution in [0.1, 0.15) is 38.3 Å². The normalized spacial score (nSPS) is 20.1. The van der Waals surface area contributed by atoms with Crippen molar-refractivity contribution in [2.24, 2.45) is 4.99 Å². The molecule has 0 bridgehead atoms. The quantitative estimate of drug-likeness (QED) is 0.627. The summed E-state index contributed by atoms with van der Waals surface area (Å²) in [6, 6.07) is 10.5. The minimum atomic E-state index is -0.124. The van der Waals surface area contributed by atoms with Gasteiger partial charge in [-0.2, -0.15) is 0 Å². The predicted octanol–water partition coefficient (Wildman–Crippen LogP) is 5.03. The molecule has 0 radical (unpaired) electrons. The topological polar surface area (TPSA) is 21.6 Å². The van der Waals surface area contributed by atoms with Crippen molar-refractivity contribution in [2.45, 2.75) is 38.3 Å². The van der Waals surface area contributed by atoms with Crippen LogP contribution in [0.25, 0.3) is 0 Å². The van der Waals surface area contributed by atoms with Crippen LogP contribution in [0.5, 0.6) is 0 Å². The molecule has 0 saturated heterocycles. The van der Waals surface area contributed by atoms with E-state index in [0.717, 1.165) is 12.8 Å². The molecule has 0 spiro atoms. The van der Waals surface area contributed by atoms with Crippen LogP contribution in [0, 0.1) is 0 Å². The molecule has 1 atom stereocenters. The third-order valence-corrected chi connectivity index (χ3v) is 3.31. The minimum absolute atomic E-state index is 0.124. The third kappa shape index (κ3) is 3.82. The zero-order chi connectivity index (χ0) is 13.4. The van der Waals surface area contributed by atoms with E-state index in [4.69, 9.17) is 4.74 Å². The van der Waals surface area contributed by atoms with Crippen molar-refractivity contribution in [3.63, 3.8) is 0 Å². The number of rotatable bonds is 3. The summed E-state index contributed by atoms with van der Waals surface area (Å²) in [5, 5.41) is 0. The summed E-state index contributed by atoms with van der Waals surface area (Å²) >= 11 is 6.00. The van der Waals surface area contributed by atoms with E-state index < -0.39 is 0 Å². The number of aliphatic imine (C=N–C) groups is 1. The molecule has 104 valence electrons. The Balaban J connectivity index is 0.000000492. The maximum absolute atomic E-state index is 5.71. The van der Waals surface area contributed by atoms with Crippen molar-refractivity contribution < 1.29 is 15.6 Å². The fraction of sp³-hybridized carbons (Fsp3) is 0.462. The van der Waals surface area contributed by atoms with Crippen LogP contribution in [-0.4, -0.2) is 12.0 Å². The predicted molar refractivity (Wildman–Crippen MR) is 79.9 cm³/mol. The first kappa shape index (κ1) is 16.2. The monoisotopic (exact) mass is 419 g/mol. The van der Waals surface area contributed by atoms with Crippen LogP contribution in [0.3, 0.4) is 0 Å². The number of nitrogens with zero attached hydrogens (tertiary/aromatic N) is 1. The fourth-order valence-corrected chi connectivity index (χ4v) is 2.23. The summed E-state index contributed by atoms with van der Waals surface area (Å²) in [5.74, 6) is 0. The molecule has 1 heterocycles. The molecule has 1 aromatic carbocycles. The number of ether oxygens (including phenoxy) is 1. The number of benzene rings is 1. The second-order valence-corrected chi connectivity index (χ2v) is 8.99. The van der Waals surface area contributed by atoms with Crippen molar-refractivity contribution in [1.29, 1.82) is 0 Å². The van der Waals surface area contributed by atoms with Crippen LogP contribution in [0.2, 0.25) is 0 Å². The zero-order valence-electron chi connectivity index (χ0n) is 10.4. The molecule has 1 aliphatic heterocycles. The summed E-state index contributed by atoms with van der Waals surface area (Å²) in [7, 11) is 1.25. The van der Waals surface area contributed by atoms with Gasteiger partial charge in [-0.25, -0.2) is 4.99 Å². The van der Waals surface area contributed by atoms with E-state index in [2.05, 4.69) is 71.6 Å². The molecule has 2 nitrogen and oxygen atoms in total. The van der Waals surface area contributed by atoms with Gasteiger partial charge < -0.3 is 4.74 Å². The summed E-state index contributed by atoms with van der Waals surface area (Å²) in [4.78, 5) is 4.45. The molecule has 18 heavy (non-hydrogen) atoms. The first-order valence-corrected chi connectivity index (χ1v) is 10.7. The van der Waals surface area contributed by atoms with Gasteiger partial charge >= 0.3 is 39.3 Å². The second kappa shape index (κ2) is 8.34. The summed E-state index contributed by atoms with van der Waals surface area (Å²) in [6.07, 6.45) is 3.59. The Kier molecular flexibility index (Phi) is 7.51. The van der Waals surface area contributed by atoms with Gasteiger partial charge in [0.25, 0.3) is 0 Å². The van der Waals surface area contributed by atoms with Gasteiger partial charge in [0.2, 0.25) is 0 Å². The third-order valence-electron chi connectivity index (χ3n) is 3.31. The Labute approximate surface area is 129 Å². The molecule has 5 heteroatoms. The van der Waals surface area contributed by atoms with Gasteiger partial charge in [0.05, 0.1) is 0 Å². The van der Waals surface area contributed by atoms with Crippen LogP contribution >= 0.6 is 28.5 Å². The first-order valence-electron chi connectivity index (χ1n) is 5.80. The van der Waals surface area contributed by atoms with Gasteiger partial charge in [0.1, 0.15) is 11.6 Å². The number of hydrogen-bond acceptors (Lipinski definition) is 2. The van der Waals surface area contributed by atoms with Crippen molar-refractivity contribution in [3.05, 3.63) is 35.9 Å². The summed E-state index contributed by atoms with van der Waals surface area (Å²) in [6.45, 7) is 4.32. The van der Waals surface area contributed by atoms with Gasteiger partial charge in [0, 0.05) is 0 Å². The van der Waals surface area contributed by atoms with Gasteiger partial charge in [-0.3, -0.25) is 0 Å². The molecule has 2 rings (SSSR count). The molecular weight excluding hydrogens is 405 g/mol. The van der Waals surface area contributed by atoms with Crippen molar-refractivity contribution >= 4 is 34.9 Å². The average molecular weight is 422 g/mol. The first-order chi connectivity index (χ1) is 8.74. The molecule has 0 aliphatic carbocycles. The Morgan fingerprint density at radius 2 is 1.78 bits per heavy atom. The molecule has 1 aromatic rings. The molecule has 1 aliphatic rings. The Hall–Kier alpha value is 0.144. The van der Waals surface area contributed by atoms with E-state index in [0.29, 0.717) is 0 Å². The Morgan fingerprint density at radius 3 is 2.28 bits per heavy atom. The van der Waals surface area contributed by atoms with Crippen LogP contribution < -0.4 is 0 Å². The van der Waals surface area contributed by atoms with E-state index in [-0.39, 0.29) is 11.6 Å². The van der Waals surface area contributed by atoms with Gasteiger partial charge in [-0.1, -0.05) is 44.2 Å². The second-order valence-electron chi connectivity index (χ2n) is 4.00. The molecule has 0 unspecified atom stereocenters. The number of halogens is 2. The van der Waals surface area contributed by atoms with Gasteiger partial charge in [-0.15, -0.1) is 0 Å². The fourth-order valence-electron chi connectivity index (χ4n) is 2.23. The maximum atomic E-state index is 5.71. The standard InChI is InChI=1S/C13H17NO.2BrH.Ni/c1-3-13(4-2)12(14-10-15-13)11-8-6-5-7-9-11;;;/h5-10,12H,3-4H2,1-2H3;2*1H;/q;;;+2/p-2/t12-;;;/m1.../s1. The molecule has 0 aromatic heterocycles. The average Bonchev–Trinajstić information content (AvgIpc) is 2.85. The van der Waals surface area contributed by atoms with E-state index in [1.165, 1.54) is 16.5 Å². The van der Waals surface area contributed by atoms with Crippen molar-refractivity contribution in [2.75, 3.05) is 0 Å². The van der Waals surface area contributed by atoms with Crippen molar-refractivity contribution in [3.8, 4) is 0 Å².